The van der Waals surface area contributed by atoms with Crippen molar-refractivity contribution < 1.29 is 19.1 Å². The van der Waals surface area contributed by atoms with Gasteiger partial charge >= 0.3 is 5.97 Å². The number of hydrogen-bond donors (Lipinski definition) is 1. The third-order valence-electron chi connectivity index (χ3n) is 3.97. The lowest BCUT2D eigenvalue weighted by atomic mass is 9.92. The lowest BCUT2D eigenvalue weighted by Crippen LogP contribution is -2.62. The van der Waals surface area contributed by atoms with Gasteiger partial charge in [-0.25, -0.2) is 4.79 Å². The van der Waals surface area contributed by atoms with E-state index in [0.29, 0.717) is 13.2 Å². The minimum Gasteiger partial charge on any atom is -0.465 e. The van der Waals surface area contributed by atoms with Crippen molar-refractivity contribution in [1.29, 1.82) is 0 Å². The van der Waals surface area contributed by atoms with Crippen LogP contribution < -0.4 is 5.32 Å². The highest BCUT2D eigenvalue weighted by molar-refractivity contribution is 6.02. The number of amides is 2. The van der Waals surface area contributed by atoms with Gasteiger partial charge in [0, 0.05) is 12.8 Å². The summed E-state index contributed by atoms with van der Waals surface area (Å²) in [5.41, 5.74) is -0.930. The van der Waals surface area contributed by atoms with Crippen LogP contribution in [0.1, 0.15) is 39.5 Å². The molecule has 6 heteroatoms. The molecule has 2 amide bonds. The average molecular weight is 282 g/mol. The number of carbonyl (C=O) groups is 3. The third kappa shape index (κ3) is 2.70. The number of ether oxygens (including phenoxy) is 1. The van der Waals surface area contributed by atoms with Gasteiger partial charge in [0.1, 0.15) is 5.54 Å². The topological polar surface area (TPSA) is 75.7 Å². The van der Waals surface area contributed by atoms with Gasteiger partial charge in [0.2, 0.25) is 11.8 Å². The van der Waals surface area contributed by atoms with E-state index in [1.807, 2.05) is 6.92 Å². The summed E-state index contributed by atoms with van der Waals surface area (Å²) in [4.78, 5) is 37.3. The number of nitrogens with one attached hydrogen (secondary N) is 1. The van der Waals surface area contributed by atoms with Crippen LogP contribution in [0.5, 0.6) is 0 Å². The Morgan fingerprint density at radius 1 is 1.30 bits per heavy atom. The van der Waals surface area contributed by atoms with Crippen molar-refractivity contribution in [2.24, 2.45) is 5.92 Å². The smallest absolute Gasteiger partial charge is 0.328 e. The van der Waals surface area contributed by atoms with Gasteiger partial charge in [-0.15, -0.1) is 0 Å². The van der Waals surface area contributed by atoms with Crippen molar-refractivity contribution in [2.45, 2.75) is 45.1 Å². The fourth-order valence-electron chi connectivity index (χ4n) is 2.83. The normalized spacial score (nSPS) is 22.0. The van der Waals surface area contributed by atoms with E-state index in [4.69, 9.17) is 4.74 Å². The summed E-state index contributed by atoms with van der Waals surface area (Å²) in [5, 5.41) is 3.19. The average Bonchev–Trinajstić information content (AvgIpc) is 3.21. The molecule has 20 heavy (non-hydrogen) atoms. The van der Waals surface area contributed by atoms with Crippen LogP contribution in [0.4, 0.5) is 0 Å². The van der Waals surface area contributed by atoms with Crippen LogP contribution >= 0.6 is 0 Å². The molecule has 6 nitrogen and oxygen atoms in total. The summed E-state index contributed by atoms with van der Waals surface area (Å²) in [6.45, 7) is 4.64. The molecule has 1 atom stereocenters. The summed E-state index contributed by atoms with van der Waals surface area (Å²) in [5.74, 6) is -0.594. The van der Waals surface area contributed by atoms with Crippen molar-refractivity contribution in [3.8, 4) is 0 Å². The zero-order valence-corrected chi connectivity index (χ0v) is 12.1. The summed E-state index contributed by atoms with van der Waals surface area (Å²) < 4.78 is 5.19. The quantitative estimate of drug-likeness (QED) is 0.542. The summed E-state index contributed by atoms with van der Waals surface area (Å²) in [6, 6.07) is 0. The number of likely N-dealkylation sites (N-methyl/N-ethyl adjacent to an activating group) is 1. The van der Waals surface area contributed by atoms with Crippen LogP contribution in [-0.2, 0) is 19.1 Å². The molecule has 2 fully saturated rings. The van der Waals surface area contributed by atoms with Gasteiger partial charge in [0.25, 0.3) is 0 Å². The molecule has 1 saturated carbocycles. The van der Waals surface area contributed by atoms with Gasteiger partial charge in [0.15, 0.2) is 0 Å². The standard InChI is InChI=1S/C14H22N2O4/c1-3-15-14(10-5-6-10,13(19)20-4-2)9-16-11(17)7-8-12(16)18/h10,15H,3-9H2,1-2H3. The fourth-order valence-corrected chi connectivity index (χ4v) is 2.83. The fraction of sp³-hybridized carbons (Fsp3) is 0.786. The molecule has 2 aliphatic rings. The molecule has 0 aromatic heterocycles. The largest absolute Gasteiger partial charge is 0.465 e. The van der Waals surface area contributed by atoms with Gasteiger partial charge in [0.05, 0.1) is 13.2 Å². The second kappa shape index (κ2) is 5.91. The molecule has 1 saturated heterocycles. The number of carbonyl (C=O) groups excluding carboxylic acids is 3. The Bertz CT molecular complexity index is 403. The van der Waals surface area contributed by atoms with E-state index in [0.717, 1.165) is 12.8 Å². The van der Waals surface area contributed by atoms with E-state index >= 15 is 0 Å². The van der Waals surface area contributed by atoms with Crippen LogP contribution in [0.15, 0.2) is 0 Å². The van der Waals surface area contributed by atoms with Crippen molar-refractivity contribution in [2.75, 3.05) is 19.7 Å². The first-order valence-corrected chi connectivity index (χ1v) is 7.30. The Hall–Kier alpha value is -1.43. The van der Waals surface area contributed by atoms with Gasteiger partial charge in [-0.05, 0) is 32.2 Å². The first-order chi connectivity index (χ1) is 9.55. The Morgan fingerprint density at radius 2 is 1.90 bits per heavy atom. The molecule has 0 aromatic rings. The van der Waals surface area contributed by atoms with Crippen LogP contribution in [-0.4, -0.2) is 47.9 Å². The van der Waals surface area contributed by atoms with E-state index in [9.17, 15) is 14.4 Å². The number of likely N-dealkylation sites (tertiary alicyclic amines) is 1. The predicted molar refractivity (Wildman–Crippen MR) is 71.7 cm³/mol. The van der Waals surface area contributed by atoms with Crippen LogP contribution in [0.2, 0.25) is 0 Å². The molecule has 0 aromatic carbocycles. The molecule has 1 heterocycles. The Balaban J connectivity index is 2.23. The second-order valence-electron chi connectivity index (χ2n) is 5.37. The van der Waals surface area contributed by atoms with E-state index in [2.05, 4.69) is 5.32 Å². The number of imide groups is 1. The maximum atomic E-state index is 12.4. The molecule has 1 aliphatic heterocycles. The van der Waals surface area contributed by atoms with Gasteiger partial charge < -0.3 is 10.1 Å². The molecule has 1 N–H and O–H groups in total. The van der Waals surface area contributed by atoms with Crippen LogP contribution in [0.3, 0.4) is 0 Å². The molecule has 0 bridgehead atoms. The molecule has 1 unspecified atom stereocenters. The first-order valence-electron chi connectivity index (χ1n) is 7.30. The molecular weight excluding hydrogens is 260 g/mol. The summed E-state index contributed by atoms with van der Waals surface area (Å²) >= 11 is 0. The van der Waals surface area contributed by atoms with Crippen molar-refractivity contribution in [3.63, 3.8) is 0 Å². The number of nitrogens with zero attached hydrogens (tertiary/aromatic N) is 1. The van der Waals surface area contributed by atoms with E-state index in [1.54, 1.807) is 6.92 Å². The summed E-state index contributed by atoms with van der Waals surface area (Å²) in [6.07, 6.45) is 2.33. The summed E-state index contributed by atoms with van der Waals surface area (Å²) in [7, 11) is 0. The van der Waals surface area contributed by atoms with Crippen LogP contribution in [0.25, 0.3) is 0 Å². The zero-order chi connectivity index (χ0) is 14.8. The van der Waals surface area contributed by atoms with Gasteiger partial charge in [-0.2, -0.15) is 0 Å². The maximum absolute atomic E-state index is 12.4. The minimum absolute atomic E-state index is 0.0992. The molecular formula is C14H22N2O4. The molecule has 1 aliphatic carbocycles. The van der Waals surface area contributed by atoms with Crippen molar-refractivity contribution >= 4 is 17.8 Å². The van der Waals surface area contributed by atoms with Crippen molar-refractivity contribution in [1.82, 2.24) is 10.2 Å². The van der Waals surface area contributed by atoms with E-state index in [1.165, 1.54) is 4.90 Å². The molecule has 0 radical (unpaired) electrons. The van der Waals surface area contributed by atoms with Crippen LogP contribution in [0, 0.1) is 5.92 Å². The Labute approximate surface area is 118 Å². The van der Waals surface area contributed by atoms with Gasteiger partial charge in [-0.1, -0.05) is 6.92 Å². The SMILES string of the molecule is CCNC(CN1C(=O)CCC1=O)(C(=O)OCC)C1CC1. The highest BCUT2D eigenvalue weighted by Crippen LogP contribution is 2.41. The molecule has 112 valence electrons. The zero-order valence-electron chi connectivity index (χ0n) is 12.1. The lowest BCUT2D eigenvalue weighted by molar-refractivity contribution is -0.155. The number of rotatable bonds is 7. The minimum atomic E-state index is -0.930. The maximum Gasteiger partial charge on any atom is 0.328 e. The van der Waals surface area contributed by atoms with E-state index < -0.39 is 5.54 Å². The number of esters is 1. The lowest BCUT2D eigenvalue weighted by Gasteiger charge is -2.35. The monoisotopic (exact) mass is 282 g/mol. The third-order valence-corrected chi connectivity index (χ3v) is 3.97. The predicted octanol–water partition coefficient (Wildman–Crippen LogP) is 0.457. The Morgan fingerprint density at radius 3 is 2.35 bits per heavy atom. The van der Waals surface area contributed by atoms with Crippen molar-refractivity contribution in [3.05, 3.63) is 0 Å². The van der Waals surface area contributed by atoms with E-state index in [-0.39, 0.29) is 43.1 Å². The first kappa shape index (κ1) is 15.0. The second-order valence-corrected chi connectivity index (χ2v) is 5.37. The Kier molecular flexibility index (Phi) is 4.42. The molecule has 0 spiro atoms. The highest BCUT2D eigenvalue weighted by atomic mass is 16.5. The van der Waals surface area contributed by atoms with Gasteiger partial charge in [-0.3, -0.25) is 14.5 Å². The number of hydrogen-bond acceptors (Lipinski definition) is 5. The highest BCUT2D eigenvalue weighted by Gasteiger charge is 2.54. The molecule has 2 rings (SSSR count).